The number of carbonyl (C=O) groups excluding carboxylic acids is 3. The quantitative estimate of drug-likeness (QED) is 0.752. The fourth-order valence-corrected chi connectivity index (χ4v) is 3.01. The Hall–Kier alpha value is -3.39. The standard InChI is InChI=1S/C18H19N5O3/c1-21(2)13-7-5-11(6-8-13)14(12(9-19)10-20)15-16(24)22(3)18(26)23(4)17(15)25/h5-8,12,14-15H,1-4H3. The zero-order valence-electron chi connectivity index (χ0n) is 15.0. The van der Waals surface area contributed by atoms with E-state index in [0.29, 0.717) is 5.56 Å². The van der Waals surface area contributed by atoms with Gasteiger partial charge in [0, 0.05) is 39.8 Å². The Morgan fingerprint density at radius 3 is 1.81 bits per heavy atom. The van der Waals surface area contributed by atoms with E-state index in [-0.39, 0.29) is 0 Å². The summed E-state index contributed by atoms with van der Waals surface area (Å²) in [7, 11) is 6.29. The molecule has 1 fully saturated rings. The van der Waals surface area contributed by atoms with Crippen LogP contribution in [0.25, 0.3) is 0 Å². The maximum absolute atomic E-state index is 12.6. The van der Waals surface area contributed by atoms with Gasteiger partial charge < -0.3 is 4.90 Å². The van der Waals surface area contributed by atoms with Crippen LogP contribution in [-0.4, -0.2) is 55.8 Å². The number of nitriles is 2. The number of anilines is 1. The molecular weight excluding hydrogens is 334 g/mol. The van der Waals surface area contributed by atoms with Gasteiger partial charge in [0.15, 0.2) is 0 Å². The van der Waals surface area contributed by atoms with Crippen LogP contribution in [0.15, 0.2) is 24.3 Å². The number of hydrogen-bond acceptors (Lipinski definition) is 6. The molecule has 1 unspecified atom stereocenters. The maximum atomic E-state index is 12.6. The van der Waals surface area contributed by atoms with E-state index in [1.165, 1.54) is 14.1 Å². The minimum atomic E-state index is -1.31. The van der Waals surface area contributed by atoms with Crippen molar-refractivity contribution in [2.45, 2.75) is 5.92 Å². The van der Waals surface area contributed by atoms with Crippen molar-refractivity contribution in [2.75, 3.05) is 33.1 Å². The molecule has 8 nitrogen and oxygen atoms in total. The molecule has 0 spiro atoms. The van der Waals surface area contributed by atoms with Crippen molar-refractivity contribution < 1.29 is 14.4 Å². The van der Waals surface area contributed by atoms with Crippen LogP contribution in [-0.2, 0) is 9.59 Å². The van der Waals surface area contributed by atoms with Crippen LogP contribution in [0.5, 0.6) is 0 Å². The third kappa shape index (κ3) is 3.09. The minimum Gasteiger partial charge on any atom is -0.378 e. The van der Waals surface area contributed by atoms with Gasteiger partial charge in [-0.25, -0.2) is 4.79 Å². The average molecular weight is 353 g/mol. The molecule has 0 bridgehead atoms. The molecule has 0 radical (unpaired) electrons. The van der Waals surface area contributed by atoms with E-state index in [9.17, 15) is 24.9 Å². The van der Waals surface area contributed by atoms with Crippen molar-refractivity contribution >= 4 is 23.5 Å². The van der Waals surface area contributed by atoms with Crippen LogP contribution in [0.4, 0.5) is 10.5 Å². The molecule has 1 heterocycles. The van der Waals surface area contributed by atoms with Crippen molar-refractivity contribution in [1.82, 2.24) is 9.80 Å². The molecule has 1 aliphatic heterocycles. The van der Waals surface area contributed by atoms with Crippen LogP contribution >= 0.6 is 0 Å². The van der Waals surface area contributed by atoms with Gasteiger partial charge in [0.1, 0.15) is 11.8 Å². The lowest BCUT2D eigenvalue weighted by atomic mass is 9.75. The smallest absolute Gasteiger partial charge is 0.332 e. The van der Waals surface area contributed by atoms with E-state index >= 15 is 0 Å². The Morgan fingerprint density at radius 1 is 0.962 bits per heavy atom. The van der Waals surface area contributed by atoms with Crippen LogP contribution in [0.1, 0.15) is 11.5 Å². The number of carbonyl (C=O) groups is 3. The van der Waals surface area contributed by atoms with Gasteiger partial charge in [-0.15, -0.1) is 0 Å². The van der Waals surface area contributed by atoms with Crippen molar-refractivity contribution in [3.8, 4) is 12.1 Å². The van der Waals surface area contributed by atoms with Gasteiger partial charge in [0.25, 0.3) is 0 Å². The molecule has 1 atom stereocenters. The van der Waals surface area contributed by atoms with Gasteiger partial charge in [-0.3, -0.25) is 19.4 Å². The summed E-state index contributed by atoms with van der Waals surface area (Å²) < 4.78 is 0. The normalized spacial score (nSPS) is 16.5. The van der Waals surface area contributed by atoms with Crippen molar-refractivity contribution in [3.05, 3.63) is 29.8 Å². The first kappa shape index (κ1) is 18.9. The monoisotopic (exact) mass is 353 g/mol. The van der Waals surface area contributed by atoms with E-state index in [4.69, 9.17) is 0 Å². The second-order valence-electron chi connectivity index (χ2n) is 6.30. The van der Waals surface area contributed by atoms with Crippen LogP contribution in [0.2, 0.25) is 0 Å². The van der Waals surface area contributed by atoms with E-state index < -0.39 is 35.6 Å². The Bertz CT molecular complexity index is 781. The van der Waals surface area contributed by atoms with Gasteiger partial charge >= 0.3 is 6.03 Å². The van der Waals surface area contributed by atoms with Crippen molar-refractivity contribution in [2.24, 2.45) is 11.8 Å². The predicted octanol–water partition coefficient (Wildman–Crippen LogP) is 1.17. The molecule has 1 aromatic rings. The Morgan fingerprint density at radius 2 is 1.42 bits per heavy atom. The summed E-state index contributed by atoms with van der Waals surface area (Å²) in [6.45, 7) is 0. The Kier molecular flexibility index (Phi) is 5.27. The first-order valence-electron chi connectivity index (χ1n) is 7.90. The molecule has 1 aromatic carbocycles. The third-order valence-electron chi connectivity index (χ3n) is 4.56. The average Bonchev–Trinajstić information content (AvgIpc) is 2.64. The molecule has 134 valence electrons. The summed E-state index contributed by atoms with van der Waals surface area (Å²) in [5, 5.41) is 18.8. The molecule has 0 aromatic heterocycles. The molecule has 8 heteroatoms. The van der Waals surface area contributed by atoms with E-state index in [1.54, 1.807) is 24.3 Å². The summed E-state index contributed by atoms with van der Waals surface area (Å²) in [5.74, 6) is -4.92. The third-order valence-corrected chi connectivity index (χ3v) is 4.56. The molecule has 1 saturated heterocycles. The molecular formula is C18H19N5O3. The van der Waals surface area contributed by atoms with Crippen LogP contribution in [0.3, 0.4) is 0 Å². The number of barbiturate groups is 1. The molecule has 26 heavy (non-hydrogen) atoms. The highest BCUT2D eigenvalue weighted by Crippen LogP contribution is 2.37. The van der Waals surface area contributed by atoms with Gasteiger partial charge in [0.05, 0.1) is 12.1 Å². The van der Waals surface area contributed by atoms with E-state index in [2.05, 4.69) is 0 Å². The van der Waals surface area contributed by atoms with Crippen molar-refractivity contribution in [3.63, 3.8) is 0 Å². The number of rotatable bonds is 4. The van der Waals surface area contributed by atoms with Crippen LogP contribution < -0.4 is 4.90 Å². The Labute approximate surface area is 151 Å². The predicted molar refractivity (Wildman–Crippen MR) is 92.7 cm³/mol. The van der Waals surface area contributed by atoms with E-state index in [1.807, 2.05) is 31.1 Å². The zero-order valence-corrected chi connectivity index (χ0v) is 15.0. The van der Waals surface area contributed by atoms with Gasteiger partial charge in [-0.1, -0.05) is 12.1 Å². The topological polar surface area (TPSA) is 109 Å². The Balaban J connectivity index is 2.56. The fraction of sp³-hybridized carbons (Fsp3) is 0.389. The molecule has 0 N–H and O–H groups in total. The number of benzene rings is 1. The lowest BCUT2D eigenvalue weighted by molar-refractivity contribution is -0.149. The van der Waals surface area contributed by atoms with E-state index in [0.717, 1.165) is 15.5 Å². The first-order chi connectivity index (χ1) is 12.2. The molecule has 4 amide bonds. The number of hydrogen-bond donors (Lipinski definition) is 0. The second kappa shape index (κ2) is 7.24. The summed E-state index contributed by atoms with van der Waals surface area (Å²) >= 11 is 0. The highest BCUT2D eigenvalue weighted by molar-refractivity contribution is 6.16. The highest BCUT2D eigenvalue weighted by atomic mass is 16.2. The largest absolute Gasteiger partial charge is 0.378 e. The highest BCUT2D eigenvalue weighted by Gasteiger charge is 2.49. The van der Waals surface area contributed by atoms with Crippen LogP contribution in [0, 0.1) is 34.5 Å². The SMILES string of the molecule is CN1C(=O)C(C(c2ccc(N(C)C)cc2)C(C#N)C#N)C(=O)N(C)C1=O. The number of nitrogens with zero attached hydrogens (tertiary/aromatic N) is 5. The lowest BCUT2D eigenvalue weighted by Crippen LogP contribution is -2.58. The first-order valence-corrected chi connectivity index (χ1v) is 7.90. The molecule has 0 aliphatic carbocycles. The molecule has 2 rings (SSSR count). The summed E-state index contributed by atoms with van der Waals surface area (Å²) in [6.07, 6.45) is 0. The number of urea groups is 1. The summed E-state index contributed by atoms with van der Waals surface area (Å²) in [5.41, 5.74) is 1.41. The summed E-state index contributed by atoms with van der Waals surface area (Å²) in [4.78, 5) is 40.8. The zero-order chi connectivity index (χ0) is 19.6. The van der Waals surface area contributed by atoms with Gasteiger partial charge in [0.2, 0.25) is 11.8 Å². The fourth-order valence-electron chi connectivity index (χ4n) is 3.01. The van der Waals surface area contributed by atoms with Gasteiger partial charge in [-0.2, -0.15) is 10.5 Å². The minimum absolute atomic E-state index is 0.520. The summed E-state index contributed by atoms with van der Waals surface area (Å²) in [6, 6.07) is 9.96. The van der Waals surface area contributed by atoms with Crippen molar-refractivity contribution in [1.29, 1.82) is 10.5 Å². The second-order valence-corrected chi connectivity index (χ2v) is 6.30. The maximum Gasteiger partial charge on any atom is 0.332 e. The number of imide groups is 2. The van der Waals surface area contributed by atoms with Gasteiger partial charge in [-0.05, 0) is 17.7 Å². The number of amides is 4. The molecule has 1 aliphatic rings. The lowest BCUT2D eigenvalue weighted by Gasteiger charge is -2.37. The molecule has 0 saturated carbocycles.